The average molecular weight is 310 g/mol. The summed E-state index contributed by atoms with van der Waals surface area (Å²) < 4.78 is 5.10. The Hall–Kier alpha value is -2.75. The van der Waals surface area contributed by atoms with Gasteiger partial charge in [-0.15, -0.1) is 0 Å². The molecule has 0 aliphatic rings. The molecular weight excluding hydrogens is 288 g/mol. The second-order valence-electron chi connectivity index (χ2n) is 5.25. The van der Waals surface area contributed by atoms with Gasteiger partial charge in [0.1, 0.15) is 5.75 Å². The zero-order valence-electron chi connectivity index (χ0n) is 13.5. The quantitative estimate of drug-likeness (QED) is 0.858. The van der Waals surface area contributed by atoms with Crippen LogP contribution in [0.2, 0.25) is 0 Å². The highest BCUT2D eigenvalue weighted by atomic mass is 16.5. The summed E-state index contributed by atoms with van der Waals surface area (Å²) >= 11 is 0. The van der Waals surface area contributed by atoms with Crippen molar-refractivity contribution in [3.8, 4) is 5.75 Å². The van der Waals surface area contributed by atoms with Crippen molar-refractivity contribution in [3.05, 3.63) is 71.4 Å². The van der Waals surface area contributed by atoms with Crippen LogP contribution in [0, 0.1) is 6.92 Å². The van der Waals surface area contributed by atoms with E-state index in [1.165, 1.54) is 11.1 Å². The average Bonchev–Trinajstić information content (AvgIpc) is 2.55. The summed E-state index contributed by atoms with van der Waals surface area (Å²) in [5.74, 6) is 0.809. The first-order valence-corrected chi connectivity index (χ1v) is 7.58. The van der Waals surface area contributed by atoms with Crippen molar-refractivity contribution < 1.29 is 9.53 Å². The van der Waals surface area contributed by atoms with Gasteiger partial charge in [0.2, 0.25) is 0 Å². The summed E-state index contributed by atoms with van der Waals surface area (Å²) in [6.45, 7) is 2.67. The number of methoxy groups -OCH3 is 1. The van der Waals surface area contributed by atoms with E-state index < -0.39 is 0 Å². The molecule has 2 aromatic rings. The van der Waals surface area contributed by atoms with Crippen LogP contribution in [0.15, 0.2) is 54.7 Å². The minimum Gasteiger partial charge on any atom is -0.497 e. The molecule has 2 rings (SSSR count). The van der Waals surface area contributed by atoms with Crippen LogP contribution in [0.3, 0.4) is 0 Å². The smallest absolute Gasteiger partial charge is 0.318 e. The Balaban J connectivity index is 1.71. The summed E-state index contributed by atoms with van der Waals surface area (Å²) in [5.41, 5.74) is 3.44. The second kappa shape index (κ2) is 8.63. The summed E-state index contributed by atoms with van der Waals surface area (Å²) in [6, 6.07) is 15.7. The SMILES string of the molecule is COc1ccc(/C=C/NC(=O)NCCc2cccc(C)c2)cc1. The Bertz CT molecular complexity index is 663. The van der Waals surface area contributed by atoms with Crippen LogP contribution in [0.1, 0.15) is 16.7 Å². The normalized spacial score (nSPS) is 10.5. The van der Waals surface area contributed by atoms with Crippen molar-refractivity contribution in [1.29, 1.82) is 0 Å². The van der Waals surface area contributed by atoms with Crippen LogP contribution in [0.5, 0.6) is 5.75 Å². The van der Waals surface area contributed by atoms with Crippen molar-refractivity contribution in [2.75, 3.05) is 13.7 Å². The molecule has 2 aromatic carbocycles. The molecule has 23 heavy (non-hydrogen) atoms. The molecule has 2 N–H and O–H groups in total. The number of nitrogens with one attached hydrogen (secondary N) is 2. The van der Waals surface area contributed by atoms with E-state index in [0.717, 1.165) is 17.7 Å². The van der Waals surface area contributed by atoms with Crippen LogP contribution >= 0.6 is 0 Å². The van der Waals surface area contributed by atoms with Crippen molar-refractivity contribution in [3.63, 3.8) is 0 Å². The van der Waals surface area contributed by atoms with Gasteiger partial charge in [0.15, 0.2) is 0 Å². The number of carbonyl (C=O) groups is 1. The Labute approximate surface area is 137 Å². The van der Waals surface area contributed by atoms with Gasteiger partial charge in [-0.05, 0) is 42.7 Å². The Morgan fingerprint density at radius 3 is 2.65 bits per heavy atom. The highest BCUT2D eigenvalue weighted by Crippen LogP contribution is 2.11. The summed E-state index contributed by atoms with van der Waals surface area (Å²) in [6.07, 6.45) is 4.28. The topological polar surface area (TPSA) is 50.4 Å². The van der Waals surface area contributed by atoms with E-state index in [1.54, 1.807) is 13.3 Å². The third-order valence-corrected chi connectivity index (χ3v) is 3.39. The fraction of sp³-hybridized carbons (Fsp3) is 0.211. The zero-order chi connectivity index (χ0) is 16.5. The molecule has 0 heterocycles. The molecule has 0 aromatic heterocycles. The predicted octanol–water partition coefficient (Wildman–Crippen LogP) is 3.52. The Morgan fingerprint density at radius 1 is 1.17 bits per heavy atom. The van der Waals surface area contributed by atoms with Gasteiger partial charge in [-0.25, -0.2) is 4.79 Å². The van der Waals surface area contributed by atoms with Crippen molar-refractivity contribution >= 4 is 12.1 Å². The summed E-state index contributed by atoms with van der Waals surface area (Å²) in [4.78, 5) is 11.7. The van der Waals surface area contributed by atoms with Gasteiger partial charge in [0.25, 0.3) is 0 Å². The fourth-order valence-electron chi connectivity index (χ4n) is 2.17. The van der Waals surface area contributed by atoms with Gasteiger partial charge < -0.3 is 15.4 Å². The number of hydrogen-bond donors (Lipinski definition) is 2. The zero-order valence-corrected chi connectivity index (χ0v) is 13.5. The lowest BCUT2D eigenvalue weighted by atomic mass is 10.1. The van der Waals surface area contributed by atoms with E-state index in [4.69, 9.17) is 4.74 Å². The van der Waals surface area contributed by atoms with Gasteiger partial charge >= 0.3 is 6.03 Å². The van der Waals surface area contributed by atoms with E-state index in [0.29, 0.717) is 6.54 Å². The number of ether oxygens (including phenoxy) is 1. The van der Waals surface area contributed by atoms with Gasteiger partial charge in [-0.3, -0.25) is 0 Å². The largest absolute Gasteiger partial charge is 0.497 e. The van der Waals surface area contributed by atoms with Crippen molar-refractivity contribution in [2.24, 2.45) is 0 Å². The molecule has 0 spiro atoms. The Kier molecular flexibility index (Phi) is 6.24. The number of hydrogen-bond acceptors (Lipinski definition) is 2. The fourth-order valence-corrected chi connectivity index (χ4v) is 2.17. The molecule has 120 valence electrons. The van der Waals surface area contributed by atoms with Gasteiger partial charge in [0, 0.05) is 12.7 Å². The lowest BCUT2D eigenvalue weighted by Crippen LogP contribution is -2.33. The van der Waals surface area contributed by atoms with Gasteiger partial charge in [-0.1, -0.05) is 42.0 Å². The van der Waals surface area contributed by atoms with Crippen LogP contribution in [-0.4, -0.2) is 19.7 Å². The van der Waals surface area contributed by atoms with E-state index in [9.17, 15) is 4.79 Å². The molecular formula is C19H22N2O2. The molecule has 0 aliphatic carbocycles. The minimum absolute atomic E-state index is 0.206. The molecule has 0 unspecified atom stereocenters. The number of aryl methyl sites for hydroxylation is 1. The first-order chi connectivity index (χ1) is 11.2. The maximum Gasteiger partial charge on any atom is 0.318 e. The summed E-state index contributed by atoms with van der Waals surface area (Å²) in [7, 11) is 1.63. The van der Waals surface area contributed by atoms with E-state index in [2.05, 4.69) is 35.8 Å². The highest BCUT2D eigenvalue weighted by molar-refractivity contribution is 5.75. The first-order valence-electron chi connectivity index (χ1n) is 7.58. The number of carbonyl (C=O) groups excluding carboxylic acids is 1. The summed E-state index contributed by atoms with van der Waals surface area (Å²) in [5, 5.41) is 5.53. The van der Waals surface area contributed by atoms with Crippen LogP contribution < -0.4 is 15.4 Å². The van der Waals surface area contributed by atoms with Gasteiger partial charge in [0.05, 0.1) is 7.11 Å². The monoisotopic (exact) mass is 310 g/mol. The van der Waals surface area contributed by atoms with E-state index >= 15 is 0 Å². The van der Waals surface area contributed by atoms with Crippen molar-refractivity contribution in [1.82, 2.24) is 10.6 Å². The van der Waals surface area contributed by atoms with Crippen molar-refractivity contribution in [2.45, 2.75) is 13.3 Å². The standard InChI is InChI=1S/C19H22N2O2/c1-15-4-3-5-17(14-15)11-13-21-19(22)20-12-10-16-6-8-18(23-2)9-7-16/h3-10,12,14H,11,13H2,1-2H3,(H2,20,21,22)/b12-10+. The predicted molar refractivity (Wildman–Crippen MR) is 93.4 cm³/mol. The molecule has 2 amide bonds. The van der Waals surface area contributed by atoms with Crippen LogP contribution in [-0.2, 0) is 6.42 Å². The molecule has 0 atom stereocenters. The van der Waals surface area contributed by atoms with Gasteiger partial charge in [-0.2, -0.15) is 0 Å². The molecule has 0 saturated heterocycles. The lowest BCUT2D eigenvalue weighted by molar-refractivity contribution is 0.244. The minimum atomic E-state index is -0.206. The molecule has 4 heteroatoms. The molecule has 0 radical (unpaired) electrons. The number of rotatable bonds is 6. The maximum atomic E-state index is 11.7. The second-order valence-corrected chi connectivity index (χ2v) is 5.25. The van der Waals surface area contributed by atoms with Crippen LogP contribution in [0.25, 0.3) is 6.08 Å². The van der Waals surface area contributed by atoms with E-state index in [1.807, 2.05) is 36.4 Å². The number of amides is 2. The lowest BCUT2D eigenvalue weighted by Gasteiger charge is -2.05. The highest BCUT2D eigenvalue weighted by Gasteiger charge is 1.98. The first kappa shape index (κ1) is 16.6. The molecule has 0 aliphatic heterocycles. The van der Waals surface area contributed by atoms with Crippen LogP contribution in [0.4, 0.5) is 4.79 Å². The maximum absolute atomic E-state index is 11.7. The van der Waals surface area contributed by atoms with E-state index in [-0.39, 0.29) is 6.03 Å². The third-order valence-electron chi connectivity index (χ3n) is 3.39. The third kappa shape index (κ3) is 5.87. The number of urea groups is 1. The Morgan fingerprint density at radius 2 is 1.96 bits per heavy atom. The number of benzene rings is 2. The molecule has 0 fully saturated rings. The molecule has 0 saturated carbocycles. The molecule has 0 bridgehead atoms. The molecule has 4 nitrogen and oxygen atoms in total.